The zero-order valence-corrected chi connectivity index (χ0v) is 17.8. The number of hydrogen-bond donors (Lipinski definition) is 1. The Kier molecular flexibility index (Phi) is 6.31. The molecule has 0 spiro atoms. The molecule has 0 radical (unpaired) electrons. The maximum atomic E-state index is 12.9. The second kappa shape index (κ2) is 8.19. The van der Waals surface area contributed by atoms with Crippen LogP contribution in [0, 0.1) is 5.41 Å². The minimum Gasteiger partial charge on any atom is -0.381 e. The standard InChI is InChI=1S/C21H34N2O3S/c1-20(2,3)18-6-8-19(9-7-18)27(24,25)22-16-21(10-14-26-15-11-21)17-23-12-4-5-13-23/h6-9,22H,4-5,10-17H2,1-3H3. The molecule has 5 nitrogen and oxygen atoms in total. The van der Waals surface area contributed by atoms with Gasteiger partial charge in [-0.05, 0) is 61.9 Å². The van der Waals surface area contributed by atoms with Crippen LogP contribution in [-0.2, 0) is 20.2 Å². The van der Waals surface area contributed by atoms with Gasteiger partial charge in [0.1, 0.15) is 0 Å². The van der Waals surface area contributed by atoms with Crippen LogP contribution in [0.1, 0.15) is 52.0 Å². The van der Waals surface area contributed by atoms with Gasteiger partial charge >= 0.3 is 0 Å². The van der Waals surface area contributed by atoms with Gasteiger partial charge in [-0.25, -0.2) is 13.1 Å². The van der Waals surface area contributed by atoms with Crippen molar-refractivity contribution in [1.29, 1.82) is 0 Å². The first-order chi connectivity index (χ1) is 12.7. The molecule has 6 heteroatoms. The first kappa shape index (κ1) is 20.8. The molecule has 2 saturated heterocycles. The third kappa shape index (κ3) is 5.31. The maximum absolute atomic E-state index is 12.9. The minimum atomic E-state index is -3.50. The van der Waals surface area contributed by atoms with Crippen molar-refractivity contribution in [2.75, 3.05) is 39.4 Å². The third-order valence-electron chi connectivity index (χ3n) is 5.98. The van der Waals surface area contributed by atoms with E-state index in [1.54, 1.807) is 12.1 Å². The molecule has 152 valence electrons. The molecule has 0 atom stereocenters. The monoisotopic (exact) mass is 394 g/mol. The first-order valence-electron chi connectivity index (χ1n) is 10.1. The smallest absolute Gasteiger partial charge is 0.240 e. The number of ether oxygens (including phenoxy) is 1. The molecule has 0 bridgehead atoms. The second-order valence-electron chi connectivity index (χ2n) is 9.19. The highest BCUT2D eigenvalue weighted by atomic mass is 32.2. The van der Waals surface area contributed by atoms with E-state index in [0.717, 1.165) is 51.3 Å². The summed E-state index contributed by atoms with van der Waals surface area (Å²) < 4.78 is 34.2. The maximum Gasteiger partial charge on any atom is 0.240 e. The van der Waals surface area contributed by atoms with Crippen LogP contribution in [0.2, 0.25) is 0 Å². The number of likely N-dealkylation sites (tertiary alicyclic amines) is 1. The lowest BCUT2D eigenvalue weighted by Gasteiger charge is -2.40. The molecule has 2 heterocycles. The number of rotatable bonds is 6. The molecule has 0 saturated carbocycles. The van der Waals surface area contributed by atoms with Crippen LogP contribution in [0.5, 0.6) is 0 Å². The number of benzene rings is 1. The summed E-state index contributed by atoms with van der Waals surface area (Å²) in [5, 5.41) is 0. The average molecular weight is 395 g/mol. The van der Waals surface area contributed by atoms with Gasteiger partial charge in [0.25, 0.3) is 0 Å². The van der Waals surface area contributed by atoms with Crippen LogP contribution in [0.4, 0.5) is 0 Å². The highest BCUT2D eigenvalue weighted by molar-refractivity contribution is 7.89. The van der Waals surface area contributed by atoms with Gasteiger partial charge in [0.05, 0.1) is 4.90 Å². The first-order valence-corrected chi connectivity index (χ1v) is 11.6. The zero-order valence-electron chi connectivity index (χ0n) is 17.0. The quantitative estimate of drug-likeness (QED) is 0.805. The Morgan fingerprint density at radius 3 is 2.22 bits per heavy atom. The number of nitrogens with one attached hydrogen (secondary N) is 1. The summed E-state index contributed by atoms with van der Waals surface area (Å²) in [6.07, 6.45) is 4.32. The van der Waals surface area contributed by atoms with Crippen molar-refractivity contribution in [1.82, 2.24) is 9.62 Å². The van der Waals surface area contributed by atoms with Crippen molar-refractivity contribution in [2.24, 2.45) is 5.41 Å². The highest BCUT2D eigenvalue weighted by Gasteiger charge is 2.36. The molecular weight excluding hydrogens is 360 g/mol. The average Bonchev–Trinajstić information content (AvgIpc) is 3.13. The fourth-order valence-electron chi connectivity index (χ4n) is 4.08. The van der Waals surface area contributed by atoms with Gasteiger partial charge in [-0.15, -0.1) is 0 Å². The van der Waals surface area contributed by atoms with Crippen molar-refractivity contribution in [3.63, 3.8) is 0 Å². The predicted molar refractivity (Wildman–Crippen MR) is 108 cm³/mol. The zero-order chi connectivity index (χ0) is 19.5. The fourth-order valence-corrected chi connectivity index (χ4v) is 5.23. The van der Waals surface area contributed by atoms with E-state index in [1.807, 2.05) is 12.1 Å². The SMILES string of the molecule is CC(C)(C)c1ccc(S(=O)(=O)NCC2(CN3CCCC3)CCOCC2)cc1. The van der Waals surface area contributed by atoms with Gasteiger partial charge in [-0.1, -0.05) is 32.9 Å². The lowest BCUT2D eigenvalue weighted by Crippen LogP contribution is -2.47. The molecule has 0 aliphatic carbocycles. The van der Waals surface area contributed by atoms with Gasteiger partial charge < -0.3 is 9.64 Å². The van der Waals surface area contributed by atoms with Gasteiger partial charge in [0, 0.05) is 31.7 Å². The predicted octanol–water partition coefficient (Wildman–Crippen LogP) is 3.16. The van der Waals surface area contributed by atoms with Gasteiger partial charge in [-0.2, -0.15) is 0 Å². The van der Waals surface area contributed by atoms with Crippen LogP contribution >= 0.6 is 0 Å². The lowest BCUT2D eigenvalue weighted by molar-refractivity contribution is 0.00157. The summed E-state index contributed by atoms with van der Waals surface area (Å²) in [5.74, 6) is 0. The van der Waals surface area contributed by atoms with Crippen molar-refractivity contribution < 1.29 is 13.2 Å². The third-order valence-corrected chi connectivity index (χ3v) is 7.40. The molecule has 27 heavy (non-hydrogen) atoms. The lowest BCUT2D eigenvalue weighted by atomic mass is 9.80. The molecule has 0 unspecified atom stereocenters. The molecule has 2 aliphatic rings. The Morgan fingerprint density at radius 2 is 1.67 bits per heavy atom. The number of hydrogen-bond acceptors (Lipinski definition) is 4. The Morgan fingerprint density at radius 1 is 1.07 bits per heavy atom. The van der Waals surface area contributed by atoms with E-state index >= 15 is 0 Å². The van der Waals surface area contributed by atoms with E-state index in [-0.39, 0.29) is 10.8 Å². The van der Waals surface area contributed by atoms with Crippen molar-refractivity contribution in [2.45, 2.75) is 56.8 Å². The fraction of sp³-hybridized carbons (Fsp3) is 0.714. The van der Waals surface area contributed by atoms with Gasteiger partial charge in [0.15, 0.2) is 0 Å². The molecule has 2 fully saturated rings. The van der Waals surface area contributed by atoms with E-state index < -0.39 is 10.0 Å². The summed E-state index contributed by atoms with van der Waals surface area (Å²) in [4.78, 5) is 2.83. The van der Waals surface area contributed by atoms with Crippen LogP contribution in [0.3, 0.4) is 0 Å². The largest absolute Gasteiger partial charge is 0.381 e. The summed E-state index contributed by atoms with van der Waals surface area (Å²) in [5.41, 5.74) is 1.12. The second-order valence-corrected chi connectivity index (χ2v) is 11.0. The molecular formula is C21H34N2O3S. The normalized spacial score (nSPS) is 21.4. The minimum absolute atomic E-state index is 0.0115. The Hall–Kier alpha value is -0.950. The summed E-state index contributed by atoms with van der Waals surface area (Å²) in [7, 11) is -3.50. The van der Waals surface area contributed by atoms with Crippen LogP contribution in [0.15, 0.2) is 29.2 Å². The van der Waals surface area contributed by atoms with E-state index in [1.165, 1.54) is 12.8 Å². The van der Waals surface area contributed by atoms with E-state index in [9.17, 15) is 8.42 Å². The molecule has 1 N–H and O–H groups in total. The van der Waals surface area contributed by atoms with E-state index in [4.69, 9.17) is 4.74 Å². The van der Waals surface area contributed by atoms with E-state index in [2.05, 4.69) is 30.4 Å². The molecule has 1 aromatic rings. The molecule has 1 aromatic carbocycles. The van der Waals surface area contributed by atoms with Gasteiger partial charge in [0.2, 0.25) is 10.0 Å². The molecule has 0 aromatic heterocycles. The van der Waals surface area contributed by atoms with Crippen LogP contribution < -0.4 is 4.72 Å². The van der Waals surface area contributed by atoms with E-state index in [0.29, 0.717) is 11.4 Å². The Bertz CT molecular complexity index is 711. The summed E-state index contributed by atoms with van der Waals surface area (Å²) >= 11 is 0. The molecule has 2 aliphatic heterocycles. The summed E-state index contributed by atoms with van der Waals surface area (Å²) in [6.45, 7) is 11.5. The topological polar surface area (TPSA) is 58.6 Å². The summed E-state index contributed by atoms with van der Waals surface area (Å²) in [6, 6.07) is 7.28. The van der Waals surface area contributed by atoms with Crippen molar-refractivity contribution >= 4 is 10.0 Å². The van der Waals surface area contributed by atoms with Crippen LogP contribution in [0.25, 0.3) is 0 Å². The molecule has 0 amide bonds. The Labute approximate surface area is 164 Å². The highest BCUT2D eigenvalue weighted by Crippen LogP contribution is 2.32. The number of sulfonamides is 1. The number of nitrogens with zero attached hydrogens (tertiary/aromatic N) is 1. The molecule has 3 rings (SSSR count). The van der Waals surface area contributed by atoms with Crippen LogP contribution in [-0.4, -0.2) is 52.7 Å². The van der Waals surface area contributed by atoms with Gasteiger partial charge in [-0.3, -0.25) is 0 Å². The Balaban J connectivity index is 1.69. The van der Waals surface area contributed by atoms with Crippen molar-refractivity contribution in [3.8, 4) is 0 Å². The van der Waals surface area contributed by atoms with Crippen molar-refractivity contribution in [3.05, 3.63) is 29.8 Å².